The highest BCUT2D eigenvalue weighted by Gasteiger charge is 2.47. The number of carbonyl (C=O) groups excluding carboxylic acids is 1. The Bertz CT molecular complexity index is 1500. The first-order valence-corrected chi connectivity index (χ1v) is 15.8. The van der Waals surface area contributed by atoms with Crippen LogP contribution in [0.4, 0.5) is 18.9 Å². The zero-order valence-electron chi connectivity index (χ0n) is 23.5. The van der Waals surface area contributed by atoms with Gasteiger partial charge in [-0.05, 0) is 43.2 Å². The summed E-state index contributed by atoms with van der Waals surface area (Å²) >= 11 is 0. The van der Waals surface area contributed by atoms with E-state index in [1.807, 2.05) is 23.1 Å². The van der Waals surface area contributed by atoms with Crippen molar-refractivity contribution < 1.29 is 32.2 Å². The molecule has 1 aromatic carbocycles. The molecule has 3 heterocycles. The lowest BCUT2D eigenvalue weighted by molar-refractivity contribution is -0.134. The van der Waals surface area contributed by atoms with Crippen LogP contribution in [0.3, 0.4) is 0 Å². The molecule has 0 radical (unpaired) electrons. The minimum Gasteiger partial charge on any atom is -0.390 e. The second kappa shape index (κ2) is 12.2. The fourth-order valence-electron chi connectivity index (χ4n) is 5.79. The van der Waals surface area contributed by atoms with E-state index >= 15 is 0 Å². The van der Waals surface area contributed by atoms with Gasteiger partial charge in [0, 0.05) is 43.1 Å². The molecule has 1 amide bonds. The maximum Gasteiger partial charge on any atom is 0.249 e. The number of amides is 1. The molecule has 0 bridgehead atoms. The topological polar surface area (TPSA) is 148 Å². The lowest BCUT2D eigenvalue weighted by Crippen LogP contribution is -2.44. The van der Waals surface area contributed by atoms with Gasteiger partial charge in [-0.1, -0.05) is 12.1 Å². The molecule has 10 nitrogen and oxygen atoms in total. The standard InChI is InChI=1S/C29H33F3N6O4S/c1-18(15-33)35-28(40)23-14-29(31,32)9-8-22(23)27-26(24(17-39)38(36-27)25-7-4-20(30)16-34-25)19-2-5-21(6-3-19)37-10-12-43(41,42)13-11-37/h2-7,16,18,22-23,39,41-42H,8-14,17H2,1H3,(H,35,40)/t18-,22+,23+/m0/s1. The summed E-state index contributed by atoms with van der Waals surface area (Å²) in [6, 6.07) is 10.9. The molecular weight excluding hydrogens is 585 g/mol. The number of hydrogen-bond donors (Lipinski definition) is 4. The zero-order chi connectivity index (χ0) is 30.9. The number of hydrogen-bond acceptors (Lipinski definition) is 8. The van der Waals surface area contributed by atoms with Crippen molar-refractivity contribution in [3.8, 4) is 23.0 Å². The van der Waals surface area contributed by atoms with Gasteiger partial charge in [-0.3, -0.25) is 13.9 Å². The van der Waals surface area contributed by atoms with Gasteiger partial charge in [0.25, 0.3) is 0 Å². The fraction of sp³-hybridized carbons (Fsp3) is 0.448. The maximum absolute atomic E-state index is 14.7. The molecule has 1 aliphatic carbocycles. The van der Waals surface area contributed by atoms with Crippen LogP contribution >= 0.6 is 10.6 Å². The number of rotatable bonds is 7. The van der Waals surface area contributed by atoms with Gasteiger partial charge in [-0.25, -0.2) is 22.8 Å². The Balaban J connectivity index is 1.60. The summed E-state index contributed by atoms with van der Waals surface area (Å²) < 4.78 is 64.3. The summed E-state index contributed by atoms with van der Waals surface area (Å²) in [5.41, 5.74) is 2.51. The number of nitriles is 1. The second-order valence-corrected chi connectivity index (χ2v) is 13.4. The Kier molecular flexibility index (Phi) is 8.71. The molecule has 3 atom stereocenters. The molecule has 2 fully saturated rings. The Morgan fingerprint density at radius 2 is 1.91 bits per heavy atom. The average molecular weight is 619 g/mol. The molecule has 2 aromatic heterocycles. The average Bonchev–Trinajstić information content (AvgIpc) is 3.36. The highest BCUT2D eigenvalue weighted by Crippen LogP contribution is 2.48. The summed E-state index contributed by atoms with van der Waals surface area (Å²) in [7, 11) is -2.57. The lowest BCUT2D eigenvalue weighted by atomic mass is 9.73. The molecule has 230 valence electrons. The zero-order valence-corrected chi connectivity index (χ0v) is 24.3. The molecule has 43 heavy (non-hydrogen) atoms. The first kappa shape index (κ1) is 30.8. The first-order chi connectivity index (χ1) is 20.4. The van der Waals surface area contributed by atoms with Crippen molar-refractivity contribution in [2.24, 2.45) is 5.92 Å². The second-order valence-electron chi connectivity index (χ2n) is 11.0. The van der Waals surface area contributed by atoms with Crippen molar-refractivity contribution in [2.45, 2.75) is 50.7 Å². The van der Waals surface area contributed by atoms with E-state index in [4.69, 9.17) is 5.10 Å². The van der Waals surface area contributed by atoms with Gasteiger partial charge in [0.05, 0.1) is 47.7 Å². The summed E-state index contributed by atoms with van der Waals surface area (Å²) in [5.74, 6) is -5.60. The van der Waals surface area contributed by atoms with E-state index in [1.165, 1.54) is 23.7 Å². The van der Waals surface area contributed by atoms with E-state index in [2.05, 4.69) is 10.3 Å². The van der Waals surface area contributed by atoms with E-state index in [1.54, 1.807) is 12.1 Å². The highest BCUT2D eigenvalue weighted by atomic mass is 32.3. The number of pyridine rings is 1. The highest BCUT2D eigenvalue weighted by molar-refractivity contribution is 8.24. The van der Waals surface area contributed by atoms with Gasteiger partial charge < -0.3 is 15.3 Å². The Hall–Kier alpha value is -3.64. The van der Waals surface area contributed by atoms with Crippen molar-refractivity contribution >= 4 is 22.2 Å². The van der Waals surface area contributed by atoms with Gasteiger partial charge in [-0.15, -0.1) is 0 Å². The third-order valence-electron chi connectivity index (χ3n) is 8.05. The Morgan fingerprint density at radius 1 is 1.21 bits per heavy atom. The molecule has 3 aromatic rings. The summed E-state index contributed by atoms with van der Waals surface area (Å²) in [6.45, 7) is 1.89. The van der Waals surface area contributed by atoms with Crippen molar-refractivity contribution in [2.75, 3.05) is 29.5 Å². The molecular formula is C29H33F3N6O4S. The SMILES string of the molecule is C[C@@H](C#N)NC(=O)[C@@H]1CC(F)(F)CC[C@H]1c1nn(-c2ccc(F)cn2)c(CO)c1-c1ccc(N2CCS(O)(O)CC2)cc1. The van der Waals surface area contributed by atoms with E-state index in [0.29, 0.717) is 29.9 Å². The number of halogens is 3. The Labute approximate surface area is 248 Å². The molecule has 1 saturated heterocycles. The third kappa shape index (κ3) is 6.65. The summed E-state index contributed by atoms with van der Waals surface area (Å²) in [6.07, 6.45) is -0.279. The van der Waals surface area contributed by atoms with Gasteiger partial charge in [-0.2, -0.15) is 21.0 Å². The van der Waals surface area contributed by atoms with Crippen LogP contribution in [0.25, 0.3) is 16.9 Å². The predicted molar refractivity (Wildman–Crippen MR) is 156 cm³/mol. The molecule has 4 N–H and O–H groups in total. The minimum absolute atomic E-state index is 0.0734. The number of carbonyl (C=O) groups is 1. The van der Waals surface area contributed by atoms with Crippen LogP contribution in [-0.4, -0.2) is 71.4 Å². The van der Waals surface area contributed by atoms with E-state index in [0.717, 1.165) is 11.9 Å². The summed E-state index contributed by atoms with van der Waals surface area (Å²) in [5, 5.41) is 27.0. The van der Waals surface area contributed by atoms with Crippen molar-refractivity contribution in [1.82, 2.24) is 20.1 Å². The quantitative estimate of drug-likeness (QED) is 0.298. The van der Waals surface area contributed by atoms with Crippen LogP contribution in [0.5, 0.6) is 0 Å². The first-order valence-electron chi connectivity index (χ1n) is 13.9. The molecule has 0 unspecified atom stereocenters. The van der Waals surface area contributed by atoms with E-state index in [9.17, 15) is 37.4 Å². The van der Waals surface area contributed by atoms with Crippen LogP contribution in [0.15, 0.2) is 42.6 Å². The van der Waals surface area contributed by atoms with Crippen LogP contribution in [0.2, 0.25) is 0 Å². The molecule has 14 heteroatoms. The number of aromatic nitrogens is 3. The maximum atomic E-state index is 14.7. The fourth-order valence-corrected chi connectivity index (χ4v) is 7.02. The number of anilines is 1. The smallest absolute Gasteiger partial charge is 0.249 e. The van der Waals surface area contributed by atoms with Crippen LogP contribution in [0.1, 0.15) is 43.5 Å². The normalized spacial score (nSPS) is 22.8. The predicted octanol–water partition coefficient (Wildman–Crippen LogP) is 4.68. The van der Waals surface area contributed by atoms with Gasteiger partial charge in [0.1, 0.15) is 11.9 Å². The van der Waals surface area contributed by atoms with E-state index in [-0.39, 0.29) is 29.4 Å². The third-order valence-corrected chi connectivity index (χ3v) is 9.72. The molecule has 5 rings (SSSR count). The number of aliphatic hydroxyl groups excluding tert-OH is 1. The van der Waals surface area contributed by atoms with Crippen molar-refractivity contribution in [3.63, 3.8) is 0 Å². The molecule has 1 saturated carbocycles. The van der Waals surface area contributed by atoms with Crippen LogP contribution in [-0.2, 0) is 11.4 Å². The largest absolute Gasteiger partial charge is 0.390 e. The minimum atomic E-state index is -3.09. The lowest BCUT2D eigenvalue weighted by Gasteiger charge is -2.41. The van der Waals surface area contributed by atoms with Crippen LogP contribution in [0, 0.1) is 23.1 Å². The molecule has 2 aliphatic rings. The van der Waals surface area contributed by atoms with Gasteiger partial charge in [0.15, 0.2) is 5.82 Å². The number of aliphatic hydroxyl groups is 1. The van der Waals surface area contributed by atoms with Crippen molar-refractivity contribution in [3.05, 3.63) is 59.8 Å². The van der Waals surface area contributed by atoms with Gasteiger partial charge >= 0.3 is 0 Å². The Morgan fingerprint density at radius 3 is 2.51 bits per heavy atom. The molecule has 1 aliphatic heterocycles. The summed E-state index contributed by atoms with van der Waals surface area (Å²) in [4.78, 5) is 19.4. The van der Waals surface area contributed by atoms with Crippen molar-refractivity contribution in [1.29, 1.82) is 5.26 Å². The van der Waals surface area contributed by atoms with Gasteiger partial charge in [0.2, 0.25) is 11.8 Å². The number of nitrogens with zero attached hydrogens (tertiary/aromatic N) is 5. The molecule has 0 spiro atoms. The van der Waals surface area contributed by atoms with Crippen LogP contribution < -0.4 is 10.2 Å². The monoisotopic (exact) mass is 618 g/mol. The number of nitrogens with one attached hydrogen (secondary N) is 1. The number of alkyl halides is 2. The van der Waals surface area contributed by atoms with E-state index < -0.39 is 65.6 Å². The number of benzene rings is 1.